The lowest BCUT2D eigenvalue weighted by Crippen LogP contribution is -2.26. The molecule has 0 atom stereocenters. The molecule has 0 saturated heterocycles. The summed E-state index contributed by atoms with van der Waals surface area (Å²) in [6, 6.07) is -0.742. The van der Waals surface area contributed by atoms with Crippen molar-refractivity contribution in [3.8, 4) is 0 Å². The van der Waals surface area contributed by atoms with Crippen LogP contribution >= 0.6 is 23.2 Å². The molecule has 0 spiro atoms. The van der Waals surface area contributed by atoms with E-state index in [9.17, 15) is 4.79 Å². The van der Waals surface area contributed by atoms with E-state index in [0.717, 1.165) is 0 Å². The molecule has 0 aliphatic carbocycles. The molecule has 0 aromatic rings. The summed E-state index contributed by atoms with van der Waals surface area (Å²) in [5, 5.41) is 3.45. The van der Waals surface area contributed by atoms with Crippen LogP contribution in [0.25, 0.3) is 0 Å². The van der Waals surface area contributed by atoms with Crippen LogP contribution < -0.4 is 11.2 Å². The Kier molecular flexibility index (Phi) is 4.14. The number of rotatable bonds is 2. The molecule has 4 nitrogen and oxygen atoms in total. The van der Waals surface area contributed by atoms with Crippen LogP contribution in [0.5, 0.6) is 0 Å². The smallest absolute Gasteiger partial charge is 0.332 e. The van der Waals surface area contributed by atoms with Crippen molar-refractivity contribution in [2.75, 3.05) is 0 Å². The predicted octanol–water partition coefficient (Wildman–Crippen LogP) is 0.834. The minimum atomic E-state index is -0.742. The average molecular weight is 184 g/mol. The Morgan fingerprint density at radius 3 is 2.50 bits per heavy atom. The van der Waals surface area contributed by atoms with Gasteiger partial charge >= 0.3 is 6.03 Å². The van der Waals surface area contributed by atoms with E-state index in [-0.39, 0.29) is 0 Å². The lowest BCUT2D eigenvalue weighted by atomic mass is 10.5. The first-order valence-electron chi connectivity index (χ1n) is 2.42. The lowest BCUT2D eigenvalue weighted by Gasteiger charge is -1.98. The standard InChI is InChI=1S/C4H7Cl2N3O/c1-2(3(5)6)8-9-4(7)10/h3H,1H3,(H3,7,9,10)/b8-2+. The van der Waals surface area contributed by atoms with Crippen LogP contribution in [0, 0.1) is 0 Å². The van der Waals surface area contributed by atoms with Crippen molar-refractivity contribution < 1.29 is 4.79 Å². The molecule has 0 radical (unpaired) electrons. The molecular weight excluding hydrogens is 177 g/mol. The van der Waals surface area contributed by atoms with Crippen LogP contribution in [0.3, 0.4) is 0 Å². The molecular formula is C4H7Cl2N3O. The number of urea groups is 1. The van der Waals surface area contributed by atoms with Gasteiger partial charge in [-0.15, -0.1) is 0 Å². The normalized spacial score (nSPS) is 11.8. The first-order chi connectivity index (χ1) is 4.54. The van der Waals surface area contributed by atoms with E-state index >= 15 is 0 Å². The molecule has 0 heterocycles. The predicted molar refractivity (Wildman–Crippen MR) is 41.3 cm³/mol. The Bertz CT molecular complexity index is 157. The molecule has 2 amide bonds. The Morgan fingerprint density at radius 2 is 2.20 bits per heavy atom. The maximum Gasteiger partial charge on any atom is 0.332 e. The Hall–Kier alpha value is -0.480. The van der Waals surface area contributed by atoms with Crippen LogP contribution in [0.1, 0.15) is 6.92 Å². The number of alkyl halides is 2. The van der Waals surface area contributed by atoms with Gasteiger partial charge in [-0.25, -0.2) is 10.2 Å². The number of amides is 2. The van der Waals surface area contributed by atoms with Crippen molar-refractivity contribution in [2.24, 2.45) is 10.8 Å². The number of halogens is 2. The third-order valence-electron chi connectivity index (χ3n) is 0.658. The van der Waals surface area contributed by atoms with Gasteiger partial charge in [0.25, 0.3) is 0 Å². The number of hydrazone groups is 1. The number of nitrogens with two attached hydrogens (primary N) is 1. The van der Waals surface area contributed by atoms with Crippen LogP contribution in [0.2, 0.25) is 0 Å². The third-order valence-corrected chi connectivity index (χ3v) is 1.29. The lowest BCUT2D eigenvalue weighted by molar-refractivity contribution is 0.249. The summed E-state index contributed by atoms with van der Waals surface area (Å²) in [7, 11) is 0. The molecule has 0 saturated carbocycles. The summed E-state index contributed by atoms with van der Waals surface area (Å²) in [6.45, 7) is 1.57. The van der Waals surface area contributed by atoms with Crippen LogP contribution in [-0.2, 0) is 0 Å². The number of carbonyl (C=O) groups is 1. The molecule has 0 aliphatic heterocycles. The highest BCUT2D eigenvalue weighted by Gasteiger charge is 2.01. The van der Waals surface area contributed by atoms with Crippen molar-refractivity contribution in [2.45, 2.75) is 11.8 Å². The fourth-order valence-corrected chi connectivity index (χ4v) is 0.290. The van der Waals surface area contributed by atoms with E-state index in [1.54, 1.807) is 6.92 Å². The number of primary amides is 1. The molecule has 10 heavy (non-hydrogen) atoms. The van der Waals surface area contributed by atoms with E-state index < -0.39 is 10.9 Å². The summed E-state index contributed by atoms with van der Waals surface area (Å²) < 4.78 is 0. The number of nitrogens with zero attached hydrogens (tertiary/aromatic N) is 1. The van der Waals surface area contributed by atoms with Crippen molar-refractivity contribution in [1.82, 2.24) is 5.43 Å². The van der Waals surface area contributed by atoms with Gasteiger partial charge in [-0.2, -0.15) is 5.10 Å². The molecule has 0 aliphatic rings. The average Bonchev–Trinajstić information content (AvgIpc) is 1.82. The monoisotopic (exact) mass is 183 g/mol. The second-order valence-corrected chi connectivity index (χ2v) is 2.63. The zero-order valence-corrected chi connectivity index (χ0v) is 6.78. The number of hydrogen-bond acceptors (Lipinski definition) is 2. The van der Waals surface area contributed by atoms with Gasteiger partial charge in [-0.05, 0) is 6.92 Å². The van der Waals surface area contributed by atoms with E-state index in [0.29, 0.717) is 5.71 Å². The second kappa shape index (κ2) is 4.35. The second-order valence-electron chi connectivity index (χ2n) is 1.53. The minimum Gasteiger partial charge on any atom is -0.350 e. The summed E-state index contributed by atoms with van der Waals surface area (Å²) in [5.74, 6) is 0. The molecule has 0 aromatic carbocycles. The van der Waals surface area contributed by atoms with Gasteiger partial charge in [0.15, 0.2) is 0 Å². The van der Waals surface area contributed by atoms with Crippen LogP contribution in [0.4, 0.5) is 4.79 Å². The molecule has 58 valence electrons. The van der Waals surface area contributed by atoms with Gasteiger partial charge < -0.3 is 5.73 Å². The molecule has 0 aromatic heterocycles. The third kappa shape index (κ3) is 4.40. The van der Waals surface area contributed by atoms with Gasteiger partial charge in [0, 0.05) is 0 Å². The number of carbonyl (C=O) groups excluding carboxylic acids is 1. The summed E-state index contributed by atoms with van der Waals surface area (Å²) in [4.78, 5) is 9.33. The Labute approximate surface area is 68.4 Å². The summed E-state index contributed by atoms with van der Waals surface area (Å²) in [6.07, 6.45) is 0. The first-order valence-corrected chi connectivity index (χ1v) is 3.29. The van der Waals surface area contributed by atoms with Gasteiger partial charge in [0.05, 0.1) is 5.71 Å². The Morgan fingerprint density at radius 1 is 1.70 bits per heavy atom. The largest absolute Gasteiger partial charge is 0.350 e. The fraction of sp³-hybridized carbons (Fsp3) is 0.500. The highest BCUT2D eigenvalue weighted by atomic mass is 35.5. The molecule has 0 unspecified atom stereocenters. The van der Waals surface area contributed by atoms with Crippen molar-refractivity contribution in [1.29, 1.82) is 0 Å². The van der Waals surface area contributed by atoms with Crippen molar-refractivity contribution >= 4 is 34.9 Å². The van der Waals surface area contributed by atoms with Gasteiger partial charge in [0.1, 0.15) is 4.84 Å². The van der Waals surface area contributed by atoms with E-state index in [1.807, 2.05) is 5.43 Å². The van der Waals surface area contributed by atoms with E-state index in [2.05, 4.69) is 5.10 Å². The molecule has 0 bridgehead atoms. The zero-order valence-electron chi connectivity index (χ0n) is 5.27. The maximum atomic E-state index is 10.0. The minimum absolute atomic E-state index is 0.391. The van der Waals surface area contributed by atoms with Crippen molar-refractivity contribution in [3.63, 3.8) is 0 Å². The van der Waals surface area contributed by atoms with Crippen molar-refractivity contribution in [3.05, 3.63) is 0 Å². The molecule has 6 heteroatoms. The molecule has 0 rings (SSSR count). The fourth-order valence-electron chi connectivity index (χ4n) is 0.192. The van der Waals surface area contributed by atoms with Gasteiger partial charge in [0.2, 0.25) is 0 Å². The Balaban J connectivity index is 3.80. The summed E-state index contributed by atoms with van der Waals surface area (Å²) >= 11 is 10.7. The topological polar surface area (TPSA) is 67.5 Å². The van der Waals surface area contributed by atoms with Gasteiger partial charge in [-0.1, -0.05) is 23.2 Å². The molecule has 3 N–H and O–H groups in total. The van der Waals surface area contributed by atoms with Crippen LogP contribution in [-0.4, -0.2) is 16.6 Å². The summed E-state index contributed by atoms with van der Waals surface area (Å²) in [5.41, 5.74) is 7.07. The first kappa shape index (κ1) is 9.52. The number of nitrogens with one attached hydrogen (secondary N) is 1. The zero-order chi connectivity index (χ0) is 8.15. The van der Waals surface area contributed by atoms with E-state index in [4.69, 9.17) is 28.9 Å². The highest BCUT2D eigenvalue weighted by molar-refractivity contribution is 6.54. The SMILES string of the molecule is C/C(=N\NC(N)=O)C(Cl)Cl. The van der Waals surface area contributed by atoms with E-state index in [1.165, 1.54) is 0 Å². The van der Waals surface area contributed by atoms with Gasteiger partial charge in [-0.3, -0.25) is 0 Å². The highest BCUT2D eigenvalue weighted by Crippen LogP contribution is 2.02. The maximum absolute atomic E-state index is 10.0. The quantitative estimate of drug-likeness (QED) is 0.372. The van der Waals surface area contributed by atoms with Crippen LogP contribution in [0.15, 0.2) is 5.10 Å². The molecule has 0 fully saturated rings. The number of hydrogen-bond donors (Lipinski definition) is 2.